The normalized spacial score (nSPS) is 16.7. The molecule has 0 spiro atoms. The molecule has 2 aromatic rings. The Hall–Kier alpha value is -2.80. The fourth-order valence-electron chi connectivity index (χ4n) is 3.05. The van der Waals surface area contributed by atoms with Crippen LogP contribution in [0.3, 0.4) is 0 Å². The second-order valence-electron chi connectivity index (χ2n) is 6.08. The predicted octanol–water partition coefficient (Wildman–Crippen LogP) is 3.61. The zero-order valence-electron chi connectivity index (χ0n) is 13.7. The average Bonchev–Trinajstić information content (AvgIpc) is 3.10. The number of carbonyl (C=O) groups is 1. The standard InChI is InChI=1S/C20H20N2O2/c1-15-4-8-17(9-5-15)19-3-2-12-22(19)20(23)14-24-18-10-6-16(13-21)7-11-18/h4-11,19H,2-3,12,14H2,1H3. The molecule has 2 aromatic carbocycles. The van der Waals surface area contributed by atoms with E-state index in [0.29, 0.717) is 11.3 Å². The van der Waals surface area contributed by atoms with E-state index in [4.69, 9.17) is 10.00 Å². The maximum atomic E-state index is 12.5. The van der Waals surface area contributed by atoms with Crippen molar-refractivity contribution in [3.05, 3.63) is 65.2 Å². The first-order chi connectivity index (χ1) is 11.7. The van der Waals surface area contributed by atoms with Crippen LogP contribution in [0.5, 0.6) is 5.75 Å². The van der Waals surface area contributed by atoms with Gasteiger partial charge in [0.25, 0.3) is 5.91 Å². The highest BCUT2D eigenvalue weighted by Crippen LogP contribution is 2.32. The third-order valence-corrected chi connectivity index (χ3v) is 4.38. The number of ether oxygens (including phenoxy) is 1. The quantitative estimate of drug-likeness (QED) is 0.865. The van der Waals surface area contributed by atoms with E-state index >= 15 is 0 Å². The zero-order chi connectivity index (χ0) is 16.9. The van der Waals surface area contributed by atoms with Crippen LogP contribution >= 0.6 is 0 Å². The van der Waals surface area contributed by atoms with E-state index in [9.17, 15) is 4.79 Å². The lowest BCUT2D eigenvalue weighted by molar-refractivity contribution is -0.134. The Kier molecular flexibility index (Phi) is 4.81. The Morgan fingerprint density at radius 2 is 1.92 bits per heavy atom. The van der Waals surface area contributed by atoms with E-state index in [2.05, 4.69) is 37.3 Å². The molecule has 0 saturated carbocycles. The molecule has 4 nitrogen and oxygen atoms in total. The summed E-state index contributed by atoms with van der Waals surface area (Å²) in [4.78, 5) is 14.5. The molecule has 1 fully saturated rings. The number of amides is 1. The summed E-state index contributed by atoms with van der Waals surface area (Å²) in [5.41, 5.74) is 2.98. The first-order valence-electron chi connectivity index (χ1n) is 8.16. The minimum Gasteiger partial charge on any atom is -0.484 e. The van der Waals surface area contributed by atoms with E-state index in [1.807, 2.05) is 4.90 Å². The highest BCUT2D eigenvalue weighted by Gasteiger charge is 2.29. The lowest BCUT2D eigenvalue weighted by Gasteiger charge is -2.25. The van der Waals surface area contributed by atoms with Gasteiger partial charge in [-0.1, -0.05) is 29.8 Å². The highest BCUT2D eigenvalue weighted by molar-refractivity contribution is 5.78. The summed E-state index contributed by atoms with van der Waals surface area (Å²) in [5.74, 6) is 0.607. The molecule has 0 aliphatic carbocycles. The summed E-state index contributed by atoms with van der Waals surface area (Å²) in [5, 5.41) is 8.79. The number of hydrogen-bond acceptors (Lipinski definition) is 3. The number of nitriles is 1. The summed E-state index contributed by atoms with van der Waals surface area (Å²) in [6, 6.07) is 17.4. The van der Waals surface area contributed by atoms with Crippen LogP contribution in [-0.2, 0) is 4.79 Å². The maximum Gasteiger partial charge on any atom is 0.261 e. The first-order valence-corrected chi connectivity index (χ1v) is 8.16. The number of hydrogen-bond donors (Lipinski definition) is 0. The Bertz CT molecular complexity index is 745. The third kappa shape index (κ3) is 3.57. The fourth-order valence-corrected chi connectivity index (χ4v) is 3.05. The van der Waals surface area contributed by atoms with Crippen molar-refractivity contribution in [2.45, 2.75) is 25.8 Å². The molecular weight excluding hydrogens is 300 g/mol. The van der Waals surface area contributed by atoms with Crippen molar-refractivity contribution in [1.29, 1.82) is 5.26 Å². The van der Waals surface area contributed by atoms with Gasteiger partial charge in [0.1, 0.15) is 5.75 Å². The van der Waals surface area contributed by atoms with Gasteiger partial charge < -0.3 is 9.64 Å². The van der Waals surface area contributed by atoms with Gasteiger partial charge in [-0.25, -0.2) is 0 Å². The summed E-state index contributed by atoms with van der Waals surface area (Å²) >= 11 is 0. The monoisotopic (exact) mass is 320 g/mol. The van der Waals surface area contributed by atoms with Crippen molar-refractivity contribution in [2.24, 2.45) is 0 Å². The van der Waals surface area contributed by atoms with E-state index in [-0.39, 0.29) is 18.6 Å². The van der Waals surface area contributed by atoms with Crippen LogP contribution < -0.4 is 4.74 Å². The number of rotatable bonds is 4. The first kappa shape index (κ1) is 16.1. The Morgan fingerprint density at radius 1 is 1.21 bits per heavy atom. The number of carbonyl (C=O) groups excluding carboxylic acids is 1. The lowest BCUT2D eigenvalue weighted by Crippen LogP contribution is -2.34. The van der Waals surface area contributed by atoms with Crippen LogP contribution in [0.25, 0.3) is 0 Å². The van der Waals surface area contributed by atoms with Crippen LogP contribution in [0.2, 0.25) is 0 Å². The topological polar surface area (TPSA) is 53.3 Å². The van der Waals surface area contributed by atoms with Gasteiger partial charge in [0.05, 0.1) is 17.7 Å². The van der Waals surface area contributed by atoms with Crippen molar-refractivity contribution >= 4 is 5.91 Å². The molecule has 1 aliphatic rings. The average molecular weight is 320 g/mol. The van der Waals surface area contributed by atoms with Gasteiger partial charge in [0.15, 0.2) is 6.61 Å². The maximum absolute atomic E-state index is 12.5. The van der Waals surface area contributed by atoms with Gasteiger partial charge in [0, 0.05) is 6.54 Å². The van der Waals surface area contributed by atoms with Gasteiger partial charge in [-0.2, -0.15) is 5.26 Å². The molecule has 0 aromatic heterocycles. The smallest absolute Gasteiger partial charge is 0.261 e. The zero-order valence-corrected chi connectivity index (χ0v) is 13.7. The molecule has 1 aliphatic heterocycles. The molecule has 24 heavy (non-hydrogen) atoms. The van der Waals surface area contributed by atoms with Crippen LogP contribution in [0.1, 0.15) is 35.6 Å². The van der Waals surface area contributed by atoms with Gasteiger partial charge >= 0.3 is 0 Å². The van der Waals surface area contributed by atoms with E-state index < -0.39 is 0 Å². The predicted molar refractivity (Wildman–Crippen MR) is 91.5 cm³/mol. The molecule has 1 saturated heterocycles. The van der Waals surface area contributed by atoms with E-state index in [0.717, 1.165) is 19.4 Å². The Labute approximate surface area is 142 Å². The third-order valence-electron chi connectivity index (χ3n) is 4.38. The minimum atomic E-state index is 0.00225. The molecular formula is C20H20N2O2. The molecule has 3 rings (SSSR count). The SMILES string of the molecule is Cc1ccc(C2CCCN2C(=O)COc2ccc(C#N)cc2)cc1. The number of aryl methyl sites for hydroxylation is 1. The number of benzene rings is 2. The fraction of sp³-hybridized carbons (Fsp3) is 0.300. The van der Waals surface area contributed by atoms with Crippen LogP contribution in [0, 0.1) is 18.3 Å². The van der Waals surface area contributed by atoms with Crippen molar-refractivity contribution in [1.82, 2.24) is 4.90 Å². The van der Waals surface area contributed by atoms with Gasteiger partial charge in [-0.15, -0.1) is 0 Å². The summed E-state index contributed by atoms with van der Waals surface area (Å²) in [6.07, 6.45) is 2.01. The van der Waals surface area contributed by atoms with E-state index in [1.165, 1.54) is 11.1 Å². The molecule has 1 heterocycles. The van der Waals surface area contributed by atoms with E-state index in [1.54, 1.807) is 24.3 Å². The summed E-state index contributed by atoms with van der Waals surface area (Å²) < 4.78 is 5.58. The molecule has 122 valence electrons. The van der Waals surface area contributed by atoms with Crippen molar-refractivity contribution < 1.29 is 9.53 Å². The van der Waals surface area contributed by atoms with Crippen molar-refractivity contribution in [2.75, 3.05) is 13.2 Å². The lowest BCUT2D eigenvalue weighted by atomic mass is 10.0. The largest absolute Gasteiger partial charge is 0.484 e. The summed E-state index contributed by atoms with van der Waals surface area (Å²) in [7, 11) is 0. The van der Waals surface area contributed by atoms with Crippen molar-refractivity contribution in [3.8, 4) is 11.8 Å². The van der Waals surface area contributed by atoms with Crippen molar-refractivity contribution in [3.63, 3.8) is 0 Å². The van der Waals surface area contributed by atoms with Crippen LogP contribution in [-0.4, -0.2) is 24.0 Å². The highest BCUT2D eigenvalue weighted by atomic mass is 16.5. The van der Waals surface area contributed by atoms with Crippen LogP contribution in [0.4, 0.5) is 0 Å². The number of likely N-dealkylation sites (tertiary alicyclic amines) is 1. The Morgan fingerprint density at radius 3 is 2.58 bits per heavy atom. The minimum absolute atomic E-state index is 0.00225. The number of nitrogens with zero attached hydrogens (tertiary/aromatic N) is 2. The molecule has 0 bridgehead atoms. The van der Waals surface area contributed by atoms with Gasteiger partial charge in [0.2, 0.25) is 0 Å². The Balaban J connectivity index is 1.63. The molecule has 0 N–H and O–H groups in total. The second kappa shape index (κ2) is 7.18. The van der Waals surface area contributed by atoms with Crippen LogP contribution in [0.15, 0.2) is 48.5 Å². The molecule has 1 unspecified atom stereocenters. The molecule has 1 amide bonds. The summed E-state index contributed by atoms with van der Waals surface area (Å²) in [6.45, 7) is 2.86. The molecule has 0 radical (unpaired) electrons. The molecule has 1 atom stereocenters. The molecule has 4 heteroatoms. The second-order valence-corrected chi connectivity index (χ2v) is 6.08. The van der Waals surface area contributed by atoms with Gasteiger partial charge in [-0.05, 0) is 49.6 Å². The van der Waals surface area contributed by atoms with Gasteiger partial charge in [-0.3, -0.25) is 4.79 Å².